The molecule has 0 radical (unpaired) electrons. The molecule has 5 nitrogen and oxygen atoms in total. The van der Waals surface area contributed by atoms with Gasteiger partial charge in [-0.2, -0.15) is 0 Å². The summed E-state index contributed by atoms with van der Waals surface area (Å²) in [6.45, 7) is 7.76. The van der Waals surface area contributed by atoms with Crippen LogP contribution in [0, 0.1) is 0 Å². The Labute approximate surface area is 392 Å². The fourth-order valence-corrected chi connectivity index (χ4v) is 7.73. The summed E-state index contributed by atoms with van der Waals surface area (Å²) in [4.78, 5) is 25.4. The highest BCUT2D eigenvalue weighted by Crippen LogP contribution is 2.15. The zero-order chi connectivity index (χ0) is 45.6. The number of hydrogen-bond donors (Lipinski definition) is 0. The molecule has 0 unspecified atom stereocenters. The molecule has 0 rings (SSSR count). The van der Waals surface area contributed by atoms with E-state index >= 15 is 0 Å². The third-order valence-electron chi connectivity index (χ3n) is 11.8. The van der Waals surface area contributed by atoms with Crippen molar-refractivity contribution in [3.8, 4) is 0 Å². The zero-order valence-electron chi connectivity index (χ0n) is 42.1. The second kappa shape index (κ2) is 53.9. The number of carbonyl (C=O) groups is 2. The van der Waals surface area contributed by atoms with Crippen molar-refractivity contribution >= 4 is 11.9 Å². The molecule has 1 atom stereocenters. The van der Waals surface area contributed by atoms with Crippen molar-refractivity contribution in [2.45, 2.75) is 277 Å². The molecule has 0 saturated carbocycles. The minimum atomic E-state index is -0.572. The van der Waals surface area contributed by atoms with E-state index in [4.69, 9.17) is 14.2 Å². The molecule has 0 aliphatic carbocycles. The molecule has 0 N–H and O–H groups in total. The zero-order valence-corrected chi connectivity index (χ0v) is 42.1. The van der Waals surface area contributed by atoms with Gasteiger partial charge in [0.2, 0.25) is 0 Å². The number of esters is 2. The predicted molar refractivity (Wildman–Crippen MR) is 274 cm³/mol. The minimum absolute atomic E-state index is 0.0592. The number of carbonyl (C=O) groups excluding carboxylic acids is 2. The van der Waals surface area contributed by atoms with Gasteiger partial charge < -0.3 is 14.2 Å². The van der Waals surface area contributed by atoms with Gasteiger partial charge in [0.25, 0.3) is 0 Å². The van der Waals surface area contributed by atoms with Gasteiger partial charge in [-0.1, -0.05) is 261 Å². The van der Waals surface area contributed by atoms with E-state index in [0.29, 0.717) is 25.9 Å². The fourth-order valence-electron chi connectivity index (χ4n) is 7.73. The lowest BCUT2D eigenvalue weighted by Crippen LogP contribution is -2.30. The summed E-state index contributed by atoms with van der Waals surface area (Å²) in [7, 11) is 0. The Hall–Kier alpha value is -2.40. The summed E-state index contributed by atoms with van der Waals surface area (Å²) in [6, 6.07) is 0. The highest BCUT2D eigenvalue weighted by atomic mass is 16.6. The maximum atomic E-state index is 12.8. The molecule has 0 saturated heterocycles. The molecule has 0 amide bonds. The van der Waals surface area contributed by atoms with Crippen molar-refractivity contribution in [1.82, 2.24) is 0 Å². The molecule has 0 spiro atoms. The van der Waals surface area contributed by atoms with Crippen LogP contribution < -0.4 is 0 Å². The van der Waals surface area contributed by atoms with Gasteiger partial charge in [-0.3, -0.25) is 9.59 Å². The van der Waals surface area contributed by atoms with E-state index in [2.05, 4.69) is 75.5 Å². The Morgan fingerprint density at radius 1 is 0.349 bits per heavy atom. The molecule has 0 aromatic carbocycles. The maximum absolute atomic E-state index is 12.8. The van der Waals surface area contributed by atoms with Crippen LogP contribution in [0.1, 0.15) is 271 Å². The standard InChI is InChI=1S/C58H104O5/c1-4-7-10-13-16-19-22-25-27-29-30-31-32-34-37-40-43-46-49-52-58(60)63-56(55-62-57(59)51-48-45-42-39-36-24-21-18-15-12-9-6-3)54-61-53-50-47-44-41-38-35-33-28-26-23-20-17-14-11-8-5-2/h16,19,25,27,30-31,34,37,43,46,56H,4-15,17-18,20-24,26,28-29,32-33,35-36,38-42,44-45,47-55H2,1-3H3/b19-16-,27-25-,31-30-,37-34-,46-43-/t56-/m1/s1. The van der Waals surface area contributed by atoms with E-state index in [1.54, 1.807) is 0 Å². The first-order valence-electron chi connectivity index (χ1n) is 27.3. The van der Waals surface area contributed by atoms with Crippen molar-refractivity contribution < 1.29 is 23.8 Å². The van der Waals surface area contributed by atoms with E-state index in [0.717, 1.165) is 51.4 Å². The van der Waals surface area contributed by atoms with Crippen LogP contribution in [-0.2, 0) is 23.8 Å². The molecular formula is C58H104O5. The van der Waals surface area contributed by atoms with E-state index in [9.17, 15) is 9.59 Å². The van der Waals surface area contributed by atoms with Gasteiger partial charge in [-0.05, 0) is 57.8 Å². The van der Waals surface area contributed by atoms with Gasteiger partial charge in [0, 0.05) is 19.4 Å². The van der Waals surface area contributed by atoms with Crippen LogP contribution in [0.3, 0.4) is 0 Å². The van der Waals surface area contributed by atoms with E-state index < -0.39 is 6.10 Å². The SMILES string of the molecule is CCCCC/C=C\C/C=C\C/C=C\C/C=C\C/C=C\CCC(=O)O[C@H](COCCCCCCCCCCCCCCCCCC)COC(=O)CCCCCCCCCCCCCC. The number of hydrogen-bond acceptors (Lipinski definition) is 5. The second-order valence-corrected chi connectivity index (χ2v) is 18.1. The van der Waals surface area contributed by atoms with Gasteiger partial charge in [-0.15, -0.1) is 0 Å². The van der Waals surface area contributed by atoms with Gasteiger partial charge >= 0.3 is 11.9 Å². The van der Waals surface area contributed by atoms with Crippen molar-refractivity contribution in [3.05, 3.63) is 60.8 Å². The molecule has 63 heavy (non-hydrogen) atoms. The largest absolute Gasteiger partial charge is 0.462 e. The average molecular weight is 881 g/mol. The van der Waals surface area contributed by atoms with Crippen LogP contribution >= 0.6 is 0 Å². The Kier molecular flexibility index (Phi) is 51.9. The normalized spacial score (nSPS) is 12.6. The van der Waals surface area contributed by atoms with E-state index in [1.165, 1.54) is 180 Å². The third-order valence-corrected chi connectivity index (χ3v) is 11.8. The van der Waals surface area contributed by atoms with Gasteiger partial charge in [0.15, 0.2) is 6.10 Å². The number of rotatable bonds is 50. The lowest BCUT2D eigenvalue weighted by Gasteiger charge is -2.18. The first kappa shape index (κ1) is 60.6. The van der Waals surface area contributed by atoms with Crippen molar-refractivity contribution in [2.75, 3.05) is 19.8 Å². The van der Waals surface area contributed by atoms with Crippen LogP contribution in [0.5, 0.6) is 0 Å². The number of ether oxygens (including phenoxy) is 3. The maximum Gasteiger partial charge on any atom is 0.306 e. The van der Waals surface area contributed by atoms with Crippen molar-refractivity contribution in [3.63, 3.8) is 0 Å². The molecule has 0 fully saturated rings. The Balaban J connectivity index is 4.35. The monoisotopic (exact) mass is 881 g/mol. The lowest BCUT2D eigenvalue weighted by molar-refractivity contribution is -0.162. The summed E-state index contributed by atoms with van der Waals surface area (Å²) < 4.78 is 17.4. The molecule has 0 aromatic heterocycles. The lowest BCUT2D eigenvalue weighted by atomic mass is 10.0. The number of allylic oxidation sites excluding steroid dienone is 10. The van der Waals surface area contributed by atoms with E-state index in [1.807, 2.05) is 6.08 Å². The highest BCUT2D eigenvalue weighted by Gasteiger charge is 2.17. The molecule has 366 valence electrons. The van der Waals surface area contributed by atoms with Crippen molar-refractivity contribution in [2.24, 2.45) is 0 Å². The van der Waals surface area contributed by atoms with Crippen LogP contribution in [0.15, 0.2) is 60.8 Å². The van der Waals surface area contributed by atoms with Gasteiger partial charge in [-0.25, -0.2) is 0 Å². The van der Waals surface area contributed by atoms with Crippen LogP contribution in [0.2, 0.25) is 0 Å². The average Bonchev–Trinajstić information content (AvgIpc) is 3.28. The van der Waals surface area contributed by atoms with Crippen LogP contribution in [0.4, 0.5) is 0 Å². The number of unbranched alkanes of at least 4 members (excludes halogenated alkanes) is 29. The minimum Gasteiger partial charge on any atom is -0.462 e. The topological polar surface area (TPSA) is 61.8 Å². The molecule has 0 heterocycles. The summed E-state index contributed by atoms with van der Waals surface area (Å²) in [5.74, 6) is -0.480. The molecule has 5 heteroatoms. The van der Waals surface area contributed by atoms with Gasteiger partial charge in [0.05, 0.1) is 6.61 Å². The Morgan fingerprint density at radius 2 is 0.698 bits per heavy atom. The quantitative estimate of drug-likeness (QED) is 0.0346. The summed E-state index contributed by atoms with van der Waals surface area (Å²) in [5, 5.41) is 0. The molecular weight excluding hydrogens is 777 g/mol. The Morgan fingerprint density at radius 3 is 1.13 bits per heavy atom. The van der Waals surface area contributed by atoms with E-state index in [-0.39, 0.29) is 25.2 Å². The highest BCUT2D eigenvalue weighted by molar-refractivity contribution is 5.70. The summed E-state index contributed by atoms with van der Waals surface area (Å²) in [6.07, 6.45) is 68.1. The molecule has 0 aromatic rings. The fraction of sp³-hybridized carbons (Fsp3) is 0.793. The first-order chi connectivity index (χ1) is 31.1. The first-order valence-corrected chi connectivity index (χ1v) is 27.3. The third kappa shape index (κ3) is 52.1. The Bertz CT molecular complexity index is 1090. The summed E-state index contributed by atoms with van der Waals surface area (Å²) in [5.41, 5.74) is 0. The van der Waals surface area contributed by atoms with Crippen LogP contribution in [0.25, 0.3) is 0 Å². The molecule has 0 aliphatic heterocycles. The second-order valence-electron chi connectivity index (χ2n) is 18.1. The smallest absolute Gasteiger partial charge is 0.306 e. The van der Waals surface area contributed by atoms with Crippen molar-refractivity contribution in [1.29, 1.82) is 0 Å². The molecule has 0 bridgehead atoms. The predicted octanol–water partition coefficient (Wildman–Crippen LogP) is 18.5. The van der Waals surface area contributed by atoms with Crippen LogP contribution in [-0.4, -0.2) is 37.9 Å². The van der Waals surface area contributed by atoms with Gasteiger partial charge in [0.1, 0.15) is 6.61 Å². The molecule has 0 aliphatic rings. The summed E-state index contributed by atoms with van der Waals surface area (Å²) >= 11 is 0.